The van der Waals surface area contributed by atoms with Crippen molar-refractivity contribution in [1.29, 1.82) is 0 Å². The maximum absolute atomic E-state index is 13.9. The molecule has 106 valence electrons. The van der Waals surface area contributed by atoms with Crippen molar-refractivity contribution in [1.82, 2.24) is 0 Å². The monoisotopic (exact) mass is 333 g/mol. The molecule has 1 aliphatic heterocycles. The van der Waals surface area contributed by atoms with Gasteiger partial charge in [0.15, 0.2) is 0 Å². The molecule has 0 spiro atoms. The summed E-state index contributed by atoms with van der Waals surface area (Å²) in [4.78, 5) is 0. The SMILES string of the molecule is CCC1OCCC1C(N)Cc1c(F)ccc(Br)c1F. The second-order valence-corrected chi connectivity index (χ2v) is 5.81. The Bertz CT molecular complexity index is 455. The van der Waals surface area contributed by atoms with Crippen LogP contribution in [-0.2, 0) is 11.2 Å². The van der Waals surface area contributed by atoms with Crippen LogP contribution in [0.3, 0.4) is 0 Å². The van der Waals surface area contributed by atoms with Crippen LogP contribution in [0.5, 0.6) is 0 Å². The molecule has 0 bridgehead atoms. The predicted molar refractivity (Wildman–Crippen MR) is 73.9 cm³/mol. The van der Waals surface area contributed by atoms with E-state index in [-0.39, 0.29) is 34.5 Å². The first-order valence-corrected chi connectivity index (χ1v) is 7.33. The van der Waals surface area contributed by atoms with Gasteiger partial charge in [0.25, 0.3) is 0 Å². The van der Waals surface area contributed by atoms with Gasteiger partial charge in [0.1, 0.15) is 11.6 Å². The Labute approximate surface area is 120 Å². The standard InChI is InChI=1S/C14H18BrF2NO/c1-2-13-8(5-6-19-13)12(18)7-9-11(16)4-3-10(15)14(9)17/h3-4,8,12-13H,2,5-7,18H2,1H3. The topological polar surface area (TPSA) is 35.2 Å². The van der Waals surface area contributed by atoms with E-state index in [2.05, 4.69) is 15.9 Å². The van der Waals surface area contributed by atoms with Crippen molar-refractivity contribution in [2.75, 3.05) is 6.61 Å². The molecule has 2 nitrogen and oxygen atoms in total. The van der Waals surface area contributed by atoms with Gasteiger partial charge in [-0.25, -0.2) is 8.78 Å². The third kappa shape index (κ3) is 3.15. The molecule has 0 aromatic heterocycles. The van der Waals surface area contributed by atoms with E-state index in [9.17, 15) is 8.78 Å². The molecule has 1 aromatic rings. The highest BCUT2D eigenvalue weighted by atomic mass is 79.9. The van der Waals surface area contributed by atoms with Crippen molar-refractivity contribution < 1.29 is 13.5 Å². The zero-order chi connectivity index (χ0) is 14.0. The number of rotatable bonds is 4. The summed E-state index contributed by atoms with van der Waals surface area (Å²) < 4.78 is 33.5. The lowest BCUT2D eigenvalue weighted by Gasteiger charge is -2.24. The maximum atomic E-state index is 13.9. The lowest BCUT2D eigenvalue weighted by Crippen LogP contribution is -2.37. The summed E-state index contributed by atoms with van der Waals surface area (Å²) in [5, 5.41) is 0. The summed E-state index contributed by atoms with van der Waals surface area (Å²) in [6.07, 6.45) is 2.04. The molecule has 3 unspecified atom stereocenters. The number of benzene rings is 1. The van der Waals surface area contributed by atoms with Crippen LogP contribution in [0, 0.1) is 17.6 Å². The number of hydrogen-bond acceptors (Lipinski definition) is 2. The van der Waals surface area contributed by atoms with Gasteiger partial charge in [0.2, 0.25) is 0 Å². The molecule has 3 atom stereocenters. The minimum Gasteiger partial charge on any atom is -0.378 e. The lowest BCUT2D eigenvalue weighted by molar-refractivity contribution is 0.0812. The number of nitrogens with two attached hydrogens (primary N) is 1. The van der Waals surface area contributed by atoms with E-state index in [4.69, 9.17) is 10.5 Å². The van der Waals surface area contributed by atoms with E-state index in [1.807, 2.05) is 6.92 Å². The fourth-order valence-electron chi connectivity index (χ4n) is 2.72. The quantitative estimate of drug-likeness (QED) is 0.857. The molecule has 0 aliphatic carbocycles. The zero-order valence-corrected chi connectivity index (χ0v) is 12.4. The van der Waals surface area contributed by atoms with Crippen LogP contribution in [-0.4, -0.2) is 18.8 Å². The average molecular weight is 334 g/mol. The van der Waals surface area contributed by atoms with Crippen molar-refractivity contribution in [2.24, 2.45) is 11.7 Å². The molecule has 1 aromatic carbocycles. The Morgan fingerprint density at radius 3 is 2.89 bits per heavy atom. The number of halogens is 3. The van der Waals surface area contributed by atoms with E-state index in [1.54, 1.807) is 0 Å². The molecule has 2 rings (SSSR count). The minimum absolute atomic E-state index is 0.0589. The van der Waals surface area contributed by atoms with Gasteiger partial charge < -0.3 is 10.5 Å². The third-order valence-electron chi connectivity index (χ3n) is 3.79. The summed E-state index contributed by atoms with van der Waals surface area (Å²) >= 11 is 3.07. The van der Waals surface area contributed by atoms with Crippen LogP contribution < -0.4 is 5.73 Å². The second-order valence-electron chi connectivity index (χ2n) is 4.96. The molecule has 1 fully saturated rings. The van der Waals surface area contributed by atoms with Gasteiger partial charge in [0, 0.05) is 24.1 Å². The van der Waals surface area contributed by atoms with Crippen molar-refractivity contribution in [2.45, 2.75) is 38.3 Å². The zero-order valence-electron chi connectivity index (χ0n) is 10.8. The Balaban J connectivity index is 2.15. The Kier molecular flexibility index (Phi) is 4.92. The molecule has 5 heteroatoms. The first kappa shape index (κ1) is 14.9. The molecule has 0 amide bonds. The van der Waals surface area contributed by atoms with E-state index < -0.39 is 11.6 Å². The van der Waals surface area contributed by atoms with Crippen LogP contribution in [0.25, 0.3) is 0 Å². The predicted octanol–water partition coefficient (Wildman–Crippen LogP) is 3.41. The minimum atomic E-state index is -0.553. The Hall–Kier alpha value is -0.520. The van der Waals surface area contributed by atoms with E-state index >= 15 is 0 Å². The smallest absolute Gasteiger partial charge is 0.143 e. The largest absolute Gasteiger partial charge is 0.378 e. The molecule has 1 heterocycles. The van der Waals surface area contributed by atoms with E-state index in [0.29, 0.717) is 6.61 Å². The molecular weight excluding hydrogens is 316 g/mol. The molecule has 1 saturated heterocycles. The molecule has 1 aliphatic rings. The van der Waals surface area contributed by atoms with Crippen molar-refractivity contribution in [3.05, 3.63) is 33.8 Å². The third-order valence-corrected chi connectivity index (χ3v) is 4.40. The normalized spacial score (nSPS) is 24.7. The number of hydrogen-bond donors (Lipinski definition) is 1. The van der Waals surface area contributed by atoms with Gasteiger partial charge in [-0.3, -0.25) is 0 Å². The molecule has 0 radical (unpaired) electrons. The van der Waals surface area contributed by atoms with Gasteiger partial charge >= 0.3 is 0 Å². The first-order chi connectivity index (χ1) is 9.04. The average Bonchev–Trinajstić information content (AvgIpc) is 2.87. The summed E-state index contributed by atoms with van der Waals surface area (Å²) in [5.41, 5.74) is 6.20. The Morgan fingerprint density at radius 1 is 1.47 bits per heavy atom. The fourth-order valence-corrected chi connectivity index (χ4v) is 3.09. The highest BCUT2D eigenvalue weighted by Crippen LogP contribution is 2.29. The number of ether oxygens (including phenoxy) is 1. The van der Waals surface area contributed by atoms with Gasteiger partial charge in [-0.05, 0) is 47.3 Å². The summed E-state index contributed by atoms with van der Waals surface area (Å²) in [6, 6.07) is 2.34. The fraction of sp³-hybridized carbons (Fsp3) is 0.571. The van der Waals surface area contributed by atoms with Crippen molar-refractivity contribution in [3.63, 3.8) is 0 Å². The second kappa shape index (κ2) is 6.29. The molecule has 0 saturated carbocycles. The van der Waals surface area contributed by atoms with Gasteiger partial charge in [-0.2, -0.15) is 0 Å². The van der Waals surface area contributed by atoms with Crippen LogP contribution >= 0.6 is 15.9 Å². The highest BCUT2D eigenvalue weighted by molar-refractivity contribution is 9.10. The van der Waals surface area contributed by atoms with E-state index in [1.165, 1.54) is 12.1 Å². The van der Waals surface area contributed by atoms with Gasteiger partial charge in [0.05, 0.1) is 10.6 Å². The van der Waals surface area contributed by atoms with Gasteiger partial charge in [-0.15, -0.1) is 0 Å². The molecular formula is C14H18BrF2NO. The summed E-state index contributed by atoms with van der Waals surface area (Å²) in [7, 11) is 0. The van der Waals surface area contributed by atoms with Crippen LogP contribution in [0.1, 0.15) is 25.3 Å². The lowest BCUT2D eigenvalue weighted by atomic mass is 9.88. The van der Waals surface area contributed by atoms with Gasteiger partial charge in [-0.1, -0.05) is 6.92 Å². The maximum Gasteiger partial charge on any atom is 0.143 e. The highest BCUT2D eigenvalue weighted by Gasteiger charge is 2.32. The Morgan fingerprint density at radius 2 is 2.21 bits per heavy atom. The molecule has 19 heavy (non-hydrogen) atoms. The first-order valence-electron chi connectivity index (χ1n) is 6.54. The van der Waals surface area contributed by atoms with Crippen LogP contribution in [0.2, 0.25) is 0 Å². The van der Waals surface area contributed by atoms with E-state index in [0.717, 1.165) is 12.8 Å². The van der Waals surface area contributed by atoms with Crippen LogP contribution in [0.4, 0.5) is 8.78 Å². The summed E-state index contributed by atoms with van der Waals surface area (Å²) in [6.45, 7) is 2.72. The van der Waals surface area contributed by atoms with Crippen molar-refractivity contribution >= 4 is 15.9 Å². The van der Waals surface area contributed by atoms with Crippen LogP contribution in [0.15, 0.2) is 16.6 Å². The summed E-state index contributed by atoms with van der Waals surface area (Å²) in [5.74, 6) is -0.923. The van der Waals surface area contributed by atoms with Crippen molar-refractivity contribution in [3.8, 4) is 0 Å². The molecule has 2 N–H and O–H groups in total.